The number of halogens is 4. The van der Waals surface area contributed by atoms with Gasteiger partial charge in [-0.15, -0.1) is 0 Å². The fourth-order valence-electron chi connectivity index (χ4n) is 1.44. The number of hydrogen-bond acceptors (Lipinski definition) is 2. The summed E-state index contributed by atoms with van der Waals surface area (Å²) in [6.45, 7) is 0.131. The van der Waals surface area contributed by atoms with Crippen LogP contribution in [0.4, 0.5) is 23.2 Å². The van der Waals surface area contributed by atoms with Gasteiger partial charge in [0.25, 0.3) is 5.91 Å². The van der Waals surface area contributed by atoms with E-state index in [1.54, 1.807) is 0 Å². The number of amides is 1. The van der Waals surface area contributed by atoms with Crippen LogP contribution in [0.1, 0.15) is 29.6 Å². The first-order chi connectivity index (χ1) is 8.79. The van der Waals surface area contributed by atoms with Crippen molar-refractivity contribution in [1.29, 1.82) is 0 Å². The van der Waals surface area contributed by atoms with Crippen molar-refractivity contribution in [3.8, 4) is 0 Å². The highest BCUT2D eigenvalue weighted by atomic mass is 19.4. The lowest BCUT2D eigenvalue weighted by atomic mass is 10.1. The van der Waals surface area contributed by atoms with Gasteiger partial charge in [0.1, 0.15) is 5.82 Å². The summed E-state index contributed by atoms with van der Waals surface area (Å²) >= 11 is 0. The maximum absolute atomic E-state index is 12.9. The van der Waals surface area contributed by atoms with Crippen LogP contribution in [-0.2, 0) is 0 Å². The zero-order chi connectivity index (χ0) is 14.5. The van der Waals surface area contributed by atoms with Crippen LogP contribution in [-0.4, -0.2) is 18.6 Å². The van der Waals surface area contributed by atoms with Crippen molar-refractivity contribution < 1.29 is 22.4 Å². The third-order valence-electron chi connectivity index (χ3n) is 2.43. The predicted octanol–water partition coefficient (Wildman–Crippen LogP) is 2.87. The summed E-state index contributed by atoms with van der Waals surface area (Å²) < 4.78 is 48.4. The van der Waals surface area contributed by atoms with Crippen molar-refractivity contribution in [3.05, 3.63) is 29.6 Å². The Morgan fingerprint density at radius 2 is 1.95 bits per heavy atom. The number of nitrogens with two attached hydrogens (primary N) is 1. The van der Waals surface area contributed by atoms with Crippen molar-refractivity contribution in [3.63, 3.8) is 0 Å². The Balaban J connectivity index is 2.33. The molecule has 0 aliphatic rings. The molecule has 0 radical (unpaired) electrons. The molecule has 1 amide bonds. The van der Waals surface area contributed by atoms with E-state index in [0.717, 1.165) is 6.07 Å². The summed E-state index contributed by atoms with van der Waals surface area (Å²) in [6.07, 6.45) is -4.86. The average Bonchev–Trinajstić information content (AvgIpc) is 2.30. The Labute approximate surface area is 107 Å². The molecule has 7 heteroatoms. The van der Waals surface area contributed by atoms with Gasteiger partial charge in [0.05, 0.1) is 5.69 Å². The van der Waals surface area contributed by atoms with Gasteiger partial charge in [0.15, 0.2) is 0 Å². The normalized spacial score (nSPS) is 11.4. The summed E-state index contributed by atoms with van der Waals surface area (Å²) in [5.74, 6) is -1.11. The number of anilines is 1. The lowest BCUT2D eigenvalue weighted by Crippen LogP contribution is -2.24. The van der Waals surface area contributed by atoms with Gasteiger partial charge < -0.3 is 11.1 Å². The molecule has 0 bridgehead atoms. The third-order valence-corrected chi connectivity index (χ3v) is 2.43. The quantitative estimate of drug-likeness (QED) is 0.494. The van der Waals surface area contributed by atoms with E-state index in [0.29, 0.717) is 0 Å². The second-order valence-corrected chi connectivity index (χ2v) is 4.06. The molecular weight excluding hydrogens is 264 g/mol. The highest BCUT2D eigenvalue weighted by Gasteiger charge is 2.25. The van der Waals surface area contributed by atoms with E-state index in [4.69, 9.17) is 5.73 Å². The molecular formula is C12H14F4N2O. The van der Waals surface area contributed by atoms with E-state index >= 15 is 0 Å². The molecule has 0 aliphatic carbocycles. The van der Waals surface area contributed by atoms with Gasteiger partial charge in [-0.05, 0) is 31.0 Å². The maximum atomic E-state index is 12.9. The van der Waals surface area contributed by atoms with Crippen molar-refractivity contribution in [2.24, 2.45) is 0 Å². The number of nitrogen functional groups attached to an aromatic ring is 1. The Hall–Kier alpha value is -1.79. The van der Waals surface area contributed by atoms with Crippen LogP contribution in [0.2, 0.25) is 0 Å². The summed E-state index contributed by atoms with van der Waals surface area (Å²) in [5, 5.41) is 2.45. The first-order valence-electron chi connectivity index (χ1n) is 5.69. The molecule has 1 rings (SSSR count). The molecule has 0 atom stereocenters. The molecule has 19 heavy (non-hydrogen) atoms. The monoisotopic (exact) mass is 278 g/mol. The van der Waals surface area contributed by atoms with Crippen molar-refractivity contribution in [2.75, 3.05) is 12.3 Å². The maximum Gasteiger partial charge on any atom is 0.389 e. The number of carbonyl (C=O) groups is 1. The van der Waals surface area contributed by atoms with Crippen molar-refractivity contribution >= 4 is 11.6 Å². The molecule has 0 aliphatic heterocycles. The third kappa shape index (κ3) is 5.58. The van der Waals surface area contributed by atoms with Crippen LogP contribution >= 0.6 is 0 Å². The van der Waals surface area contributed by atoms with Crippen LogP contribution in [0.25, 0.3) is 0 Å². The van der Waals surface area contributed by atoms with E-state index in [2.05, 4.69) is 5.32 Å². The smallest absolute Gasteiger partial charge is 0.389 e. The fourth-order valence-corrected chi connectivity index (χ4v) is 1.44. The zero-order valence-corrected chi connectivity index (χ0v) is 10.1. The molecule has 3 N–H and O–H groups in total. The standard InChI is InChI=1S/C12H14F4N2O/c13-9-4-3-8(7-10(9)17)11(19)18-6-2-1-5-12(14,15)16/h3-4,7H,1-2,5-6,17H2,(H,18,19). The number of hydrogen-bond donors (Lipinski definition) is 2. The molecule has 0 spiro atoms. The Morgan fingerprint density at radius 1 is 1.26 bits per heavy atom. The highest BCUT2D eigenvalue weighted by Crippen LogP contribution is 2.21. The lowest BCUT2D eigenvalue weighted by molar-refractivity contribution is -0.135. The highest BCUT2D eigenvalue weighted by molar-refractivity contribution is 5.94. The van der Waals surface area contributed by atoms with Crippen molar-refractivity contribution in [1.82, 2.24) is 5.32 Å². The Morgan fingerprint density at radius 3 is 2.53 bits per heavy atom. The van der Waals surface area contributed by atoms with Gasteiger partial charge in [0.2, 0.25) is 0 Å². The van der Waals surface area contributed by atoms with Crippen molar-refractivity contribution in [2.45, 2.75) is 25.4 Å². The molecule has 0 fully saturated rings. The van der Waals surface area contributed by atoms with Gasteiger partial charge >= 0.3 is 6.18 Å². The van der Waals surface area contributed by atoms with Crippen LogP contribution in [0.3, 0.4) is 0 Å². The Kier molecular flexibility index (Phi) is 5.14. The second kappa shape index (κ2) is 6.40. The fraction of sp³-hybridized carbons (Fsp3) is 0.417. The van der Waals surface area contributed by atoms with Gasteiger partial charge in [-0.25, -0.2) is 4.39 Å². The van der Waals surface area contributed by atoms with Gasteiger partial charge in [-0.1, -0.05) is 0 Å². The SMILES string of the molecule is Nc1cc(C(=O)NCCCCC(F)(F)F)ccc1F. The average molecular weight is 278 g/mol. The van der Waals surface area contributed by atoms with Gasteiger partial charge in [0, 0.05) is 18.5 Å². The number of carbonyl (C=O) groups excluding carboxylic acids is 1. The summed E-state index contributed by atoms with van der Waals surface area (Å²) in [4.78, 5) is 11.6. The number of alkyl halides is 3. The minimum Gasteiger partial charge on any atom is -0.396 e. The van der Waals surface area contributed by atoms with E-state index in [1.807, 2.05) is 0 Å². The topological polar surface area (TPSA) is 55.1 Å². The molecule has 1 aromatic rings. The van der Waals surface area contributed by atoms with Crippen LogP contribution < -0.4 is 11.1 Å². The minimum atomic E-state index is -4.17. The first kappa shape index (κ1) is 15.3. The minimum absolute atomic E-state index is 0.0463. The summed E-state index contributed by atoms with van der Waals surface area (Å²) in [7, 11) is 0. The van der Waals surface area contributed by atoms with E-state index in [-0.39, 0.29) is 30.6 Å². The molecule has 0 heterocycles. The van der Waals surface area contributed by atoms with Crippen LogP contribution in [0, 0.1) is 5.82 Å². The molecule has 1 aromatic carbocycles. The number of unbranched alkanes of at least 4 members (excludes halogenated alkanes) is 1. The number of nitrogens with one attached hydrogen (secondary N) is 1. The molecule has 106 valence electrons. The molecule has 0 unspecified atom stereocenters. The molecule has 0 aromatic heterocycles. The van der Waals surface area contributed by atoms with E-state index in [1.165, 1.54) is 12.1 Å². The summed E-state index contributed by atoms with van der Waals surface area (Å²) in [5.41, 5.74) is 5.33. The predicted molar refractivity (Wildman–Crippen MR) is 63.1 cm³/mol. The number of benzene rings is 1. The van der Waals surface area contributed by atoms with Gasteiger partial charge in [-0.2, -0.15) is 13.2 Å². The lowest BCUT2D eigenvalue weighted by Gasteiger charge is -2.07. The second-order valence-electron chi connectivity index (χ2n) is 4.06. The number of rotatable bonds is 5. The van der Waals surface area contributed by atoms with Crippen LogP contribution in [0.5, 0.6) is 0 Å². The van der Waals surface area contributed by atoms with E-state index < -0.39 is 24.3 Å². The molecule has 0 saturated carbocycles. The molecule has 0 saturated heterocycles. The first-order valence-corrected chi connectivity index (χ1v) is 5.69. The zero-order valence-electron chi connectivity index (χ0n) is 10.1. The summed E-state index contributed by atoms with van der Waals surface area (Å²) in [6, 6.07) is 3.50. The van der Waals surface area contributed by atoms with Crippen LogP contribution in [0.15, 0.2) is 18.2 Å². The molecule has 3 nitrogen and oxygen atoms in total. The van der Waals surface area contributed by atoms with Gasteiger partial charge in [-0.3, -0.25) is 4.79 Å². The van der Waals surface area contributed by atoms with E-state index in [9.17, 15) is 22.4 Å². The largest absolute Gasteiger partial charge is 0.396 e. The Bertz CT molecular complexity index is 446.